The SMILES string of the molecule is CCN(CCO)C(=O)c1cnn(-c2nccc(-c3ccccc3F)n2)c1-c1ccco1. The lowest BCUT2D eigenvalue weighted by Gasteiger charge is -2.19. The van der Waals surface area contributed by atoms with Gasteiger partial charge in [-0.15, -0.1) is 0 Å². The fourth-order valence-electron chi connectivity index (χ4n) is 3.27. The van der Waals surface area contributed by atoms with E-state index in [4.69, 9.17) is 4.42 Å². The summed E-state index contributed by atoms with van der Waals surface area (Å²) in [5.74, 6) is -0.144. The highest BCUT2D eigenvalue weighted by atomic mass is 19.1. The third kappa shape index (κ3) is 3.95. The van der Waals surface area contributed by atoms with Crippen LogP contribution in [0.3, 0.4) is 0 Å². The highest BCUT2D eigenvalue weighted by Gasteiger charge is 2.26. The average molecular weight is 421 g/mol. The molecule has 0 aliphatic heterocycles. The average Bonchev–Trinajstić information content (AvgIpc) is 3.47. The lowest BCUT2D eigenvalue weighted by molar-refractivity contribution is 0.0732. The maximum absolute atomic E-state index is 14.3. The van der Waals surface area contributed by atoms with Crippen LogP contribution in [-0.2, 0) is 0 Å². The van der Waals surface area contributed by atoms with Gasteiger partial charge in [-0.3, -0.25) is 4.79 Å². The zero-order valence-corrected chi connectivity index (χ0v) is 16.8. The van der Waals surface area contributed by atoms with Gasteiger partial charge in [0.05, 0.1) is 30.3 Å². The molecule has 158 valence electrons. The van der Waals surface area contributed by atoms with Crippen molar-refractivity contribution in [2.45, 2.75) is 6.92 Å². The van der Waals surface area contributed by atoms with Crippen LogP contribution in [0.1, 0.15) is 17.3 Å². The number of nitrogens with zero attached hydrogens (tertiary/aromatic N) is 5. The van der Waals surface area contributed by atoms with Gasteiger partial charge in [0.25, 0.3) is 11.9 Å². The molecule has 0 fully saturated rings. The smallest absolute Gasteiger partial charge is 0.257 e. The molecule has 31 heavy (non-hydrogen) atoms. The molecule has 0 spiro atoms. The standard InChI is InChI=1S/C22H20FN5O3/c1-2-27(11-12-29)21(30)16-14-25-28(20(16)19-8-5-13-31-19)22-24-10-9-18(26-22)15-6-3-4-7-17(15)23/h3-10,13-14,29H,2,11-12H2,1H3. The first kappa shape index (κ1) is 20.4. The van der Waals surface area contributed by atoms with Crippen molar-refractivity contribution >= 4 is 5.91 Å². The Hall–Kier alpha value is -3.85. The maximum Gasteiger partial charge on any atom is 0.257 e. The van der Waals surface area contributed by atoms with E-state index in [2.05, 4.69) is 15.1 Å². The van der Waals surface area contributed by atoms with Crippen molar-refractivity contribution in [1.29, 1.82) is 0 Å². The quantitative estimate of drug-likeness (QED) is 0.492. The number of aliphatic hydroxyl groups is 1. The molecule has 0 aliphatic rings. The molecule has 0 saturated carbocycles. The highest BCUT2D eigenvalue weighted by molar-refractivity contribution is 5.99. The van der Waals surface area contributed by atoms with Crippen molar-refractivity contribution in [3.8, 4) is 28.7 Å². The minimum absolute atomic E-state index is 0.155. The molecule has 4 aromatic rings. The van der Waals surface area contributed by atoms with Crippen LogP contribution >= 0.6 is 0 Å². The van der Waals surface area contributed by atoms with E-state index in [1.54, 1.807) is 36.4 Å². The van der Waals surface area contributed by atoms with Crippen LogP contribution in [0.2, 0.25) is 0 Å². The number of amides is 1. The Labute approximate surface area is 177 Å². The van der Waals surface area contributed by atoms with E-state index >= 15 is 0 Å². The van der Waals surface area contributed by atoms with E-state index in [-0.39, 0.29) is 30.6 Å². The molecule has 0 atom stereocenters. The second-order valence-electron chi connectivity index (χ2n) is 6.63. The summed E-state index contributed by atoms with van der Waals surface area (Å²) in [6, 6.07) is 11.3. The van der Waals surface area contributed by atoms with Crippen molar-refractivity contribution in [2.75, 3.05) is 19.7 Å². The first-order valence-electron chi connectivity index (χ1n) is 9.74. The van der Waals surface area contributed by atoms with E-state index in [1.807, 2.05) is 6.92 Å². The minimum Gasteiger partial charge on any atom is -0.463 e. The lowest BCUT2D eigenvalue weighted by Crippen LogP contribution is -2.33. The molecule has 9 heteroatoms. The van der Waals surface area contributed by atoms with Gasteiger partial charge < -0.3 is 14.4 Å². The predicted molar refractivity (Wildman–Crippen MR) is 111 cm³/mol. The molecule has 1 aromatic carbocycles. The van der Waals surface area contributed by atoms with Gasteiger partial charge in [-0.1, -0.05) is 12.1 Å². The number of halogens is 1. The van der Waals surface area contributed by atoms with E-state index in [0.29, 0.717) is 29.3 Å². The van der Waals surface area contributed by atoms with Crippen LogP contribution < -0.4 is 0 Å². The van der Waals surface area contributed by atoms with Crippen LogP contribution in [0.25, 0.3) is 28.7 Å². The number of benzene rings is 1. The third-order valence-electron chi connectivity index (χ3n) is 4.78. The Morgan fingerprint density at radius 3 is 2.77 bits per heavy atom. The summed E-state index contributed by atoms with van der Waals surface area (Å²) in [5.41, 5.74) is 1.36. The Balaban J connectivity index is 1.83. The van der Waals surface area contributed by atoms with Crippen LogP contribution in [0.15, 0.2) is 65.5 Å². The summed E-state index contributed by atoms with van der Waals surface area (Å²) in [7, 11) is 0. The van der Waals surface area contributed by atoms with Crippen LogP contribution in [0.4, 0.5) is 4.39 Å². The second-order valence-corrected chi connectivity index (χ2v) is 6.63. The third-order valence-corrected chi connectivity index (χ3v) is 4.78. The summed E-state index contributed by atoms with van der Waals surface area (Å²) in [5, 5.41) is 13.6. The van der Waals surface area contributed by atoms with Crippen LogP contribution in [0, 0.1) is 5.82 Å². The molecule has 0 bridgehead atoms. The number of likely N-dealkylation sites (N-methyl/N-ethyl adjacent to an activating group) is 1. The molecule has 1 N–H and O–H groups in total. The topological polar surface area (TPSA) is 97.3 Å². The summed E-state index contributed by atoms with van der Waals surface area (Å²) >= 11 is 0. The highest BCUT2D eigenvalue weighted by Crippen LogP contribution is 2.28. The number of carbonyl (C=O) groups excluding carboxylic acids is 1. The van der Waals surface area contributed by atoms with Gasteiger partial charge >= 0.3 is 0 Å². The molecular weight excluding hydrogens is 401 g/mol. The van der Waals surface area contributed by atoms with Gasteiger partial charge in [-0.2, -0.15) is 9.78 Å². The fourth-order valence-corrected chi connectivity index (χ4v) is 3.27. The zero-order valence-electron chi connectivity index (χ0n) is 16.8. The zero-order chi connectivity index (χ0) is 21.8. The normalized spacial score (nSPS) is 10.9. The van der Waals surface area contributed by atoms with Crippen molar-refractivity contribution < 1.29 is 18.7 Å². The van der Waals surface area contributed by atoms with E-state index in [1.165, 1.54) is 34.3 Å². The summed E-state index contributed by atoms with van der Waals surface area (Å²) in [6.07, 6.45) is 4.41. The van der Waals surface area contributed by atoms with Gasteiger partial charge in [0.2, 0.25) is 0 Å². The molecule has 0 radical (unpaired) electrons. The predicted octanol–water partition coefficient (Wildman–Crippen LogP) is 3.18. The number of hydrogen-bond donors (Lipinski definition) is 1. The van der Waals surface area contributed by atoms with Gasteiger partial charge in [0.1, 0.15) is 11.5 Å². The molecule has 3 aromatic heterocycles. The largest absolute Gasteiger partial charge is 0.463 e. The first-order valence-corrected chi connectivity index (χ1v) is 9.74. The van der Waals surface area contributed by atoms with E-state index in [0.717, 1.165) is 0 Å². The van der Waals surface area contributed by atoms with Gasteiger partial charge in [-0.05, 0) is 37.3 Å². The summed E-state index contributed by atoms with van der Waals surface area (Å²) in [6.45, 7) is 2.28. The molecule has 4 rings (SSSR count). The number of aliphatic hydroxyl groups excluding tert-OH is 1. The van der Waals surface area contributed by atoms with Crippen LogP contribution in [0.5, 0.6) is 0 Å². The lowest BCUT2D eigenvalue weighted by atomic mass is 10.1. The Morgan fingerprint density at radius 2 is 2.06 bits per heavy atom. The fraction of sp³-hybridized carbons (Fsp3) is 0.182. The molecule has 3 heterocycles. The van der Waals surface area contributed by atoms with Crippen molar-refractivity contribution in [2.24, 2.45) is 0 Å². The number of rotatable bonds is 7. The van der Waals surface area contributed by atoms with E-state index < -0.39 is 5.82 Å². The van der Waals surface area contributed by atoms with Gasteiger partial charge in [0, 0.05) is 24.8 Å². The Kier molecular flexibility index (Phi) is 5.85. The number of carbonyl (C=O) groups is 1. The molecular formula is C22H20FN5O3. The molecule has 0 unspecified atom stereocenters. The monoisotopic (exact) mass is 421 g/mol. The number of aromatic nitrogens is 4. The molecule has 0 aliphatic carbocycles. The minimum atomic E-state index is -0.405. The summed E-state index contributed by atoms with van der Waals surface area (Å²) < 4.78 is 21.2. The van der Waals surface area contributed by atoms with Crippen LogP contribution in [-0.4, -0.2) is 55.4 Å². The number of hydrogen-bond acceptors (Lipinski definition) is 6. The Morgan fingerprint density at radius 1 is 1.23 bits per heavy atom. The van der Waals surface area contributed by atoms with Gasteiger partial charge in [-0.25, -0.2) is 14.4 Å². The Bertz CT molecular complexity index is 1190. The van der Waals surface area contributed by atoms with Crippen molar-refractivity contribution in [3.05, 3.63) is 72.5 Å². The van der Waals surface area contributed by atoms with Gasteiger partial charge in [0.15, 0.2) is 5.76 Å². The molecule has 8 nitrogen and oxygen atoms in total. The second kappa shape index (κ2) is 8.88. The first-order chi connectivity index (χ1) is 15.1. The van der Waals surface area contributed by atoms with Crippen molar-refractivity contribution in [3.63, 3.8) is 0 Å². The summed E-state index contributed by atoms with van der Waals surface area (Å²) in [4.78, 5) is 23.3. The number of furan rings is 1. The molecule has 0 saturated heterocycles. The van der Waals surface area contributed by atoms with Crippen molar-refractivity contribution in [1.82, 2.24) is 24.6 Å². The maximum atomic E-state index is 14.3. The molecule has 1 amide bonds. The van der Waals surface area contributed by atoms with E-state index in [9.17, 15) is 14.3 Å².